The van der Waals surface area contributed by atoms with E-state index in [-0.39, 0.29) is 0 Å². The Morgan fingerprint density at radius 3 is 2.77 bits per heavy atom. The summed E-state index contributed by atoms with van der Waals surface area (Å²) in [6.45, 7) is 0. The molecule has 1 aromatic rings. The molecule has 0 radical (unpaired) electrons. The molecule has 0 bridgehead atoms. The van der Waals surface area contributed by atoms with Gasteiger partial charge in [0.15, 0.2) is 5.84 Å². The Kier molecular flexibility index (Phi) is 2.97. The number of nitrogen functional groups attached to an aromatic ring is 1. The zero-order chi connectivity index (χ0) is 9.68. The first-order valence-corrected chi connectivity index (χ1v) is 3.71. The fourth-order valence-electron chi connectivity index (χ4n) is 0.870. The zero-order valence-corrected chi connectivity index (χ0v) is 7.31. The van der Waals surface area contributed by atoms with Gasteiger partial charge >= 0.3 is 0 Å². The van der Waals surface area contributed by atoms with Gasteiger partial charge in [0.1, 0.15) is 5.82 Å². The highest BCUT2D eigenvalue weighted by molar-refractivity contribution is 6.02. The van der Waals surface area contributed by atoms with Gasteiger partial charge in [0.25, 0.3) is 0 Å². The topological polar surface area (TPSA) is 89.6 Å². The average molecular weight is 177 g/mol. The zero-order valence-electron chi connectivity index (χ0n) is 7.31. The Balaban J connectivity index is 3.00. The molecule has 5 heteroatoms. The molecule has 1 rings (SSSR count). The van der Waals surface area contributed by atoms with Crippen molar-refractivity contribution in [2.24, 2.45) is 15.7 Å². The Morgan fingerprint density at radius 1 is 1.54 bits per heavy atom. The predicted octanol–water partition coefficient (Wildman–Crippen LogP) is 0.0272. The summed E-state index contributed by atoms with van der Waals surface area (Å²) < 4.78 is 0. The standard InChI is InChI=1S/C8H11N5/c1-11-8(13-5-9)6-2-3-7(10)12-4-6/h2-5H,1H3,(H2,10,12)(H2,9,11,13). The number of hydrogen-bond acceptors (Lipinski definition) is 3. The number of pyridine rings is 1. The maximum atomic E-state index is 5.43. The number of rotatable bonds is 1. The third-order valence-electron chi connectivity index (χ3n) is 1.45. The molecule has 1 heterocycles. The van der Waals surface area contributed by atoms with Crippen LogP contribution in [0.2, 0.25) is 0 Å². The van der Waals surface area contributed by atoms with Gasteiger partial charge in [0.05, 0.1) is 6.34 Å². The molecule has 0 unspecified atom stereocenters. The molecule has 13 heavy (non-hydrogen) atoms. The van der Waals surface area contributed by atoms with Crippen LogP contribution in [0.3, 0.4) is 0 Å². The Bertz CT molecular complexity index is 325. The molecule has 0 saturated carbocycles. The van der Waals surface area contributed by atoms with E-state index >= 15 is 0 Å². The van der Waals surface area contributed by atoms with Gasteiger partial charge in [-0.25, -0.2) is 9.98 Å². The van der Waals surface area contributed by atoms with E-state index in [4.69, 9.17) is 11.5 Å². The summed E-state index contributed by atoms with van der Waals surface area (Å²) in [7, 11) is 1.64. The van der Waals surface area contributed by atoms with Crippen molar-refractivity contribution in [1.29, 1.82) is 0 Å². The van der Waals surface area contributed by atoms with Crippen LogP contribution in [-0.2, 0) is 0 Å². The van der Waals surface area contributed by atoms with Crippen LogP contribution in [0.25, 0.3) is 0 Å². The van der Waals surface area contributed by atoms with E-state index in [1.165, 1.54) is 6.34 Å². The summed E-state index contributed by atoms with van der Waals surface area (Å²) in [6, 6.07) is 3.48. The van der Waals surface area contributed by atoms with Crippen molar-refractivity contribution in [3.8, 4) is 0 Å². The maximum absolute atomic E-state index is 5.43. The van der Waals surface area contributed by atoms with Gasteiger partial charge in [-0.1, -0.05) is 0 Å². The molecule has 4 N–H and O–H groups in total. The maximum Gasteiger partial charge on any atom is 0.157 e. The molecular formula is C8H11N5. The number of aromatic nitrogens is 1. The van der Waals surface area contributed by atoms with Gasteiger partial charge < -0.3 is 11.5 Å². The van der Waals surface area contributed by atoms with Gasteiger partial charge in [0.2, 0.25) is 0 Å². The molecule has 0 aromatic carbocycles. The molecule has 5 nitrogen and oxygen atoms in total. The number of aliphatic imine (C=N–C) groups is 2. The summed E-state index contributed by atoms with van der Waals surface area (Å²) in [4.78, 5) is 11.7. The second-order valence-corrected chi connectivity index (χ2v) is 2.30. The van der Waals surface area contributed by atoms with E-state index in [0.717, 1.165) is 5.56 Å². The third-order valence-corrected chi connectivity index (χ3v) is 1.45. The summed E-state index contributed by atoms with van der Waals surface area (Å²) in [6.07, 6.45) is 2.79. The van der Waals surface area contributed by atoms with Crippen molar-refractivity contribution in [3.05, 3.63) is 23.9 Å². The quantitative estimate of drug-likeness (QED) is 0.468. The van der Waals surface area contributed by atoms with Crippen LogP contribution in [0.5, 0.6) is 0 Å². The van der Waals surface area contributed by atoms with Crippen LogP contribution in [-0.4, -0.2) is 24.2 Å². The van der Waals surface area contributed by atoms with Crippen LogP contribution >= 0.6 is 0 Å². The van der Waals surface area contributed by atoms with E-state index in [1.807, 2.05) is 0 Å². The number of nitrogens with two attached hydrogens (primary N) is 2. The molecule has 0 atom stereocenters. The number of nitrogens with zero attached hydrogens (tertiary/aromatic N) is 3. The molecule has 0 amide bonds. The smallest absolute Gasteiger partial charge is 0.157 e. The first-order chi connectivity index (χ1) is 6.27. The summed E-state index contributed by atoms with van der Waals surface area (Å²) >= 11 is 0. The lowest BCUT2D eigenvalue weighted by Gasteiger charge is -1.98. The van der Waals surface area contributed by atoms with Crippen molar-refractivity contribution in [2.45, 2.75) is 0 Å². The minimum absolute atomic E-state index is 0.468. The molecule has 0 spiro atoms. The highest BCUT2D eigenvalue weighted by Crippen LogP contribution is 2.03. The van der Waals surface area contributed by atoms with Gasteiger partial charge in [-0.15, -0.1) is 0 Å². The van der Waals surface area contributed by atoms with Gasteiger partial charge in [0, 0.05) is 18.8 Å². The van der Waals surface area contributed by atoms with E-state index in [0.29, 0.717) is 11.7 Å². The molecule has 0 fully saturated rings. The molecule has 68 valence electrons. The predicted molar refractivity (Wildman–Crippen MR) is 53.8 cm³/mol. The summed E-state index contributed by atoms with van der Waals surface area (Å²) in [5.41, 5.74) is 11.4. The first kappa shape index (κ1) is 9.18. The lowest BCUT2D eigenvalue weighted by molar-refractivity contribution is 1.30. The second kappa shape index (κ2) is 4.20. The number of amidine groups is 1. The minimum Gasteiger partial charge on any atom is -0.390 e. The minimum atomic E-state index is 0.468. The third kappa shape index (κ3) is 2.26. The average Bonchev–Trinajstić information content (AvgIpc) is 2.16. The van der Waals surface area contributed by atoms with E-state index < -0.39 is 0 Å². The number of hydrogen-bond donors (Lipinski definition) is 2. The van der Waals surface area contributed by atoms with Crippen molar-refractivity contribution >= 4 is 18.0 Å². The Hall–Kier alpha value is -1.91. The van der Waals surface area contributed by atoms with Gasteiger partial charge in [-0.2, -0.15) is 0 Å². The van der Waals surface area contributed by atoms with E-state index in [1.54, 1.807) is 25.4 Å². The van der Waals surface area contributed by atoms with Gasteiger partial charge in [-0.05, 0) is 12.1 Å². The molecule has 0 aliphatic rings. The van der Waals surface area contributed by atoms with Gasteiger partial charge in [-0.3, -0.25) is 4.99 Å². The number of anilines is 1. The van der Waals surface area contributed by atoms with E-state index in [2.05, 4.69) is 15.0 Å². The van der Waals surface area contributed by atoms with Crippen molar-refractivity contribution in [1.82, 2.24) is 4.98 Å². The van der Waals surface area contributed by atoms with Crippen LogP contribution < -0.4 is 11.5 Å². The van der Waals surface area contributed by atoms with Crippen LogP contribution in [0.1, 0.15) is 5.56 Å². The normalized spacial score (nSPS) is 12.2. The molecule has 0 aliphatic heterocycles. The van der Waals surface area contributed by atoms with E-state index in [9.17, 15) is 0 Å². The molecule has 0 saturated heterocycles. The van der Waals surface area contributed by atoms with Crippen molar-refractivity contribution in [3.63, 3.8) is 0 Å². The highest BCUT2D eigenvalue weighted by Gasteiger charge is 1.99. The van der Waals surface area contributed by atoms with Crippen LogP contribution in [0.4, 0.5) is 5.82 Å². The van der Waals surface area contributed by atoms with Crippen LogP contribution in [0.15, 0.2) is 28.3 Å². The van der Waals surface area contributed by atoms with Crippen molar-refractivity contribution in [2.75, 3.05) is 12.8 Å². The summed E-state index contributed by atoms with van der Waals surface area (Å²) in [5, 5.41) is 0. The lowest BCUT2D eigenvalue weighted by atomic mass is 10.2. The largest absolute Gasteiger partial charge is 0.390 e. The first-order valence-electron chi connectivity index (χ1n) is 3.71. The summed E-state index contributed by atoms with van der Waals surface area (Å²) in [5.74, 6) is 1.01. The van der Waals surface area contributed by atoms with Crippen LogP contribution in [0, 0.1) is 0 Å². The molecule has 1 aromatic heterocycles. The second-order valence-electron chi connectivity index (χ2n) is 2.30. The molecular weight excluding hydrogens is 166 g/mol. The monoisotopic (exact) mass is 177 g/mol. The fourth-order valence-corrected chi connectivity index (χ4v) is 0.870. The highest BCUT2D eigenvalue weighted by atomic mass is 14.9. The molecule has 0 aliphatic carbocycles. The Labute approximate surface area is 76.2 Å². The SMILES string of the molecule is CN=C(N=CN)c1ccc(N)nc1. The van der Waals surface area contributed by atoms with Crippen molar-refractivity contribution < 1.29 is 0 Å². The Morgan fingerprint density at radius 2 is 2.31 bits per heavy atom. The fraction of sp³-hybridized carbons (Fsp3) is 0.125. The lowest BCUT2D eigenvalue weighted by Crippen LogP contribution is -2.02.